The maximum atomic E-state index is 13.1. The van der Waals surface area contributed by atoms with E-state index in [4.69, 9.17) is 0 Å². The van der Waals surface area contributed by atoms with Crippen LogP contribution in [-0.2, 0) is 18.6 Å². The van der Waals surface area contributed by atoms with Crippen LogP contribution in [0.3, 0.4) is 0 Å². The molecule has 146 valence electrons. The van der Waals surface area contributed by atoms with E-state index in [1.807, 2.05) is 19.1 Å². The van der Waals surface area contributed by atoms with Crippen molar-refractivity contribution in [2.24, 2.45) is 7.05 Å². The van der Waals surface area contributed by atoms with Gasteiger partial charge in [-0.25, -0.2) is 0 Å². The fourth-order valence-corrected chi connectivity index (χ4v) is 3.98. The van der Waals surface area contributed by atoms with Gasteiger partial charge < -0.3 is 5.32 Å². The van der Waals surface area contributed by atoms with Crippen LogP contribution < -0.4 is 5.32 Å². The number of alkyl halides is 3. The third-order valence-corrected chi connectivity index (χ3v) is 5.37. The molecular formula is C20H24F3N3O. The monoisotopic (exact) mass is 379 g/mol. The fourth-order valence-electron chi connectivity index (χ4n) is 3.98. The van der Waals surface area contributed by atoms with Crippen LogP contribution in [0, 0.1) is 6.92 Å². The second-order valence-corrected chi connectivity index (χ2v) is 7.46. The molecule has 1 N–H and O–H groups in total. The largest absolute Gasteiger partial charge is 0.435 e. The minimum Gasteiger partial charge on any atom is -0.351 e. The number of aromatic nitrogens is 2. The quantitative estimate of drug-likeness (QED) is 0.857. The number of carbonyl (C=O) groups is 1. The van der Waals surface area contributed by atoms with Gasteiger partial charge in [0.05, 0.1) is 5.56 Å². The average molecular weight is 379 g/mol. The number of rotatable bonds is 4. The van der Waals surface area contributed by atoms with Crippen LogP contribution in [0.1, 0.15) is 59.3 Å². The van der Waals surface area contributed by atoms with E-state index in [1.54, 1.807) is 0 Å². The lowest BCUT2D eigenvalue weighted by Gasteiger charge is -2.38. The molecule has 4 nitrogen and oxygen atoms in total. The van der Waals surface area contributed by atoms with Crippen LogP contribution >= 0.6 is 0 Å². The molecule has 1 heterocycles. The van der Waals surface area contributed by atoms with Crippen LogP contribution in [-0.4, -0.2) is 22.2 Å². The number of aryl methyl sites for hydroxylation is 2. The van der Waals surface area contributed by atoms with Gasteiger partial charge in [0.25, 0.3) is 5.91 Å². The highest BCUT2D eigenvalue weighted by molar-refractivity contribution is 5.95. The van der Waals surface area contributed by atoms with Crippen LogP contribution in [0.15, 0.2) is 30.5 Å². The van der Waals surface area contributed by atoms with Gasteiger partial charge in [-0.3, -0.25) is 9.48 Å². The van der Waals surface area contributed by atoms with Crippen molar-refractivity contribution in [1.29, 1.82) is 0 Å². The van der Waals surface area contributed by atoms with E-state index < -0.39 is 23.3 Å². The molecule has 27 heavy (non-hydrogen) atoms. The first-order valence-electron chi connectivity index (χ1n) is 9.17. The molecule has 0 radical (unpaired) electrons. The number of nitrogens with zero attached hydrogens (tertiary/aromatic N) is 2. The van der Waals surface area contributed by atoms with E-state index in [2.05, 4.69) is 22.5 Å². The second-order valence-electron chi connectivity index (χ2n) is 7.46. The zero-order chi connectivity index (χ0) is 19.7. The van der Waals surface area contributed by atoms with Crippen LogP contribution in [0.25, 0.3) is 0 Å². The Morgan fingerprint density at radius 3 is 2.59 bits per heavy atom. The lowest BCUT2D eigenvalue weighted by atomic mass is 9.69. The molecule has 0 spiro atoms. The Bertz CT molecular complexity index is 820. The van der Waals surface area contributed by atoms with Crippen molar-refractivity contribution < 1.29 is 18.0 Å². The van der Waals surface area contributed by atoms with Crippen molar-refractivity contribution in [2.45, 2.75) is 50.6 Å². The van der Waals surface area contributed by atoms with Gasteiger partial charge >= 0.3 is 6.18 Å². The number of benzene rings is 1. The summed E-state index contributed by atoms with van der Waals surface area (Å²) < 4.78 is 40.5. The average Bonchev–Trinajstić information content (AvgIpc) is 3.03. The van der Waals surface area contributed by atoms with E-state index >= 15 is 0 Å². The number of halogens is 3. The Kier molecular flexibility index (Phi) is 5.31. The van der Waals surface area contributed by atoms with E-state index in [0.717, 1.165) is 54.1 Å². The zero-order valence-corrected chi connectivity index (χ0v) is 15.6. The molecule has 1 saturated carbocycles. The number of nitrogens with one attached hydrogen (secondary N) is 1. The van der Waals surface area contributed by atoms with Gasteiger partial charge in [-0.1, -0.05) is 49.1 Å². The Morgan fingerprint density at radius 2 is 1.96 bits per heavy atom. The standard InChI is InChI=1S/C20H24F3N3O/c1-14-7-6-8-15(11-14)19(9-4-3-5-10-19)13-24-18(27)16-12-26(2)25-17(16)20(21,22)23/h6-8,11-12H,3-5,9-10,13H2,1-2H3,(H,24,27). The van der Waals surface area contributed by atoms with Crippen molar-refractivity contribution in [2.75, 3.05) is 6.54 Å². The number of hydrogen-bond donors (Lipinski definition) is 1. The van der Waals surface area contributed by atoms with Crippen molar-refractivity contribution >= 4 is 5.91 Å². The Hall–Kier alpha value is -2.31. The summed E-state index contributed by atoms with van der Waals surface area (Å²) in [6.45, 7) is 2.34. The summed E-state index contributed by atoms with van der Waals surface area (Å²) in [5.41, 5.74) is 0.469. The van der Waals surface area contributed by atoms with Crippen molar-refractivity contribution in [1.82, 2.24) is 15.1 Å². The van der Waals surface area contributed by atoms with Gasteiger partial charge in [-0.15, -0.1) is 0 Å². The molecule has 2 aromatic rings. The number of hydrogen-bond acceptors (Lipinski definition) is 2. The third-order valence-electron chi connectivity index (χ3n) is 5.37. The molecule has 1 aliphatic carbocycles. The lowest BCUT2D eigenvalue weighted by Crippen LogP contribution is -2.42. The van der Waals surface area contributed by atoms with Gasteiger partial charge in [0.2, 0.25) is 0 Å². The summed E-state index contributed by atoms with van der Waals surface area (Å²) in [5.74, 6) is -0.729. The Labute approximate surface area is 156 Å². The van der Waals surface area contributed by atoms with Gasteiger partial charge in [-0.05, 0) is 25.3 Å². The summed E-state index contributed by atoms with van der Waals surface area (Å²) >= 11 is 0. The molecule has 7 heteroatoms. The SMILES string of the molecule is Cc1cccc(C2(CNC(=O)c3cn(C)nc3C(F)(F)F)CCCCC2)c1. The molecule has 1 fully saturated rings. The molecule has 3 rings (SSSR count). The highest BCUT2D eigenvalue weighted by Crippen LogP contribution is 2.39. The van der Waals surface area contributed by atoms with E-state index in [1.165, 1.54) is 7.05 Å². The molecule has 1 aromatic carbocycles. The van der Waals surface area contributed by atoms with Crippen LogP contribution in [0.4, 0.5) is 13.2 Å². The number of amides is 1. The fraction of sp³-hybridized carbons (Fsp3) is 0.500. The second kappa shape index (κ2) is 7.37. The summed E-state index contributed by atoms with van der Waals surface area (Å²) in [4.78, 5) is 12.5. The minimum atomic E-state index is -4.66. The van der Waals surface area contributed by atoms with Crippen molar-refractivity contribution in [3.05, 3.63) is 52.8 Å². The maximum absolute atomic E-state index is 13.1. The molecule has 0 aliphatic heterocycles. The third kappa shape index (κ3) is 4.17. The maximum Gasteiger partial charge on any atom is 0.435 e. The Balaban J connectivity index is 1.84. The summed E-state index contributed by atoms with van der Waals surface area (Å²) in [6.07, 6.45) is 1.52. The molecular weight excluding hydrogens is 355 g/mol. The molecule has 1 aromatic heterocycles. The van der Waals surface area contributed by atoms with E-state index in [-0.39, 0.29) is 5.41 Å². The van der Waals surface area contributed by atoms with E-state index in [9.17, 15) is 18.0 Å². The molecule has 0 unspecified atom stereocenters. The highest BCUT2D eigenvalue weighted by atomic mass is 19.4. The first-order chi connectivity index (χ1) is 12.7. The molecule has 1 amide bonds. The zero-order valence-electron chi connectivity index (χ0n) is 15.6. The first-order valence-corrected chi connectivity index (χ1v) is 9.17. The first kappa shape index (κ1) is 19.5. The van der Waals surface area contributed by atoms with Gasteiger partial charge in [-0.2, -0.15) is 18.3 Å². The van der Waals surface area contributed by atoms with E-state index in [0.29, 0.717) is 6.54 Å². The smallest absolute Gasteiger partial charge is 0.351 e. The molecule has 1 aliphatic rings. The predicted octanol–water partition coefficient (Wildman–Crippen LogP) is 4.38. The summed E-state index contributed by atoms with van der Waals surface area (Å²) in [5, 5.41) is 6.18. The number of carbonyl (C=O) groups excluding carboxylic acids is 1. The summed E-state index contributed by atoms with van der Waals surface area (Å²) in [6, 6.07) is 8.17. The van der Waals surface area contributed by atoms with Crippen LogP contribution in [0.5, 0.6) is 0 Å². The predicted molar refractivity (Wildman–Crippen MR) is 96.5 cm³/mol. The minimum absolute atomic E-state index is 0.236. The topological polar surface area (TPSA) is 46.9 Å². The lowest BCUT2D eigenvalue weighted by molar-refractivity contribution is -0.141. The Morgan fingerprint density at radius 1 is 1.26 bits per heavy atom. The van der Waals surface area contributed by atoms with Gasteiger partial charge in [0, 0.05) is 25.2 Å². The molecule has 0 saturated heterocycles. The van der Waals surface area contributed by atoms with Gasteiger partial charge in [0.1, 0.15) is 0 Å². The van der Waals surface area contributed by atoms with Crippen molar-refractivity contribution in [3.8, 4) is 0 Å². The summed E-state index contributed by atoms with van der Waals surface area (Å²) in [7, 11) is 1.38. The molecule has 0 atom stereocenters. The van der Waals surface area contributed by atoms with Crippen LogP contribution in [0.2, 0.25) is 0 Å². The normalized spacial score (nSPS) is 16.9. The van der Waals surface area contributed by atoms with Gasteiger partial charge in [0.15, 0.2) is 5.69 Å². The molecule has 0 bridgehead atoms. The highest BCUT2D eigenvalue weighted by Gasteiger charge is 2.40. The van der Waals surface area contributed by atoms with Crippen molar-refractivity contribution in [3.63, 3.8) is 0 Å².